The molecule has 0 amide bonds. The molecule has 0 bridgehead atoms. The molecular weight excluding hydrogens is 320 g/mol. The highest BCUT2D eigenvalue weighted by molar-refractivity contribution is 9.10. The zero-order valence-corrected chi connectivity index (χ0v) is 14.5. The summed E-state index contributed by atoms with van der Waals surface area (Å²) < 4.78 is 1.19. The zero-order chi connectivity index (χ0) is 14.0. The zero-order valence-electron chi connectivity index (χ0n) is 12.1. The van der Waals surface area contributed by atoms with E-state index in [0.29, 0.717) is 17.4 Å². The molecule has 1 saturated carbocycles. The van der Waals surface area contributed by atoms with Crippen LogP contribution in [0, 0.1) is 17.3 Å². The molecule has 0 saturated heterocycles. The van der Waals surface area contributed by atoms with E-state index in [0.717, 1.165) is 19.0 Å². The van der Waals surface area contributed by atoms with E-state index in [1.807, 2.05) is 11.3 Å². The van der Waals surface area contributed by atoms with Crippen LogP contribution in [-0.4, -0.2) is 12.6 Å². The van der Waals surface area contributed by atoms with Crippen molar-refractivity contribution in [1.29, 1.82) is 0 Å². The largest absolute Gasteiger partial charge is 0.327 e. The van der Waals surface area contributed by atoms with Crippen molar-refractivity contribution in [3.8, 4) is 0 Å². The second-order valence-electron chi connectivity index (χ2n) is 6.41. The maximum Gasteiger partial charge on any atom is 0.0300 e. The van der Waals surface area contributed by atoms with Crippen molar-refractivity contribution in [2.75, 3.05) is 6.54 Å². The predicted molar refractivity (Wildman–Crippen MR) is 87.4 cm³/mol. The van der Waals surface area contributed by atoms with Crippen molar-refractivity contribution < 1.29 is 0 Å². The molecule has 1 aromatic rings. The molecule has 1 aliphatic rings. The Morgan fingerprint density at radius 3 is 2.84 bits per heavy atom. The highest BCUT2D eigenvalue weighted by Gasteiger charge is 2.41. The van der Waals surface area contributed by atoms with Crippen LogP contribution in [0.1, 0.15) is 38.5 Å². The van der Waals surface area contributed by atoms with Crippen molar-refractivity contribution in [3.63, 3.8) is 0 Å². The number of nitrogens with two attached hydrogens (primary N) is 1. The third kappa shape index (κ3) is 3.60. The minimum Gasteiger partial charge on any atom is -0.327 e. The number of thiophene rings is 1. The normalized spacial score (nSPS) is 30.5. The van der Waals surface area contributed by atoms with E-state index < -0.39 is 0 Å². The van der Waals surface area contributed by atoms with Crippen LogP contribution in [0.4, 0.5) is 0 Å². The molecule has 2 nitrogen and oxygen atoms in total. The Labute approximate surface area is 129 Å². The van der Waals surface area contributed by atoms with Gasteiger partial charge in [-0.1, -0.05) is 20.8 Å². The highest BCUT2D eigenvalue weighted by atomic mass is 79.9. The van der Waals surface area contributed by atoms with Crippen LogP contribution in [0.5, 0.6) is 0 Å². The molecule has 0 radical (unpaired) electrons. The van der Waals surface area contributed by atoms with Gasteiger partial charge in [0, 0.05) is 27.3 Å². The summed E-state index contributed by atoms with van der Waals surface area (Å²) in [6.07, 6.45) is 2.42. The second kappa shape index (κ2) is 6.25. The number of hydrogen-bond donors (Lipinski definition) is 2. The predicted octanol–water partition coefficient (Wildman–Crippen LogP) is 4.00. The van der Waals surface area contributed by atoms with Gasteiger partial charge in [-0.25, -0.2) is 0 Å². The van der Waals surface area contributed by atoms with Gasteiger partial charge in [0.15, 0.2) is 0 Å². The van der Waals surface area contributed by atoms with Crippen molar-refractivity contribution in [2.24, 2.45) is 23.0 Å². The number of rotatable bonds is 4. The van der Waals surface area contributed by atoms with Crippen LogP contribution in [0.25, 0.3) is 0 Å². The summed E-state index contributed by atoms with van der Waals surface area (Å²) in [5.41, 5.74) is 6.55. The first-order valence-corrected chi connectivity index (χ1v) is 8.77. The van der Waals surface area contributed by atoms with Crippen LogP contribution in [0.2, 0.25) is 0 Å². The Hall–Kier alpha value is 0.1000. The third-order valence-corrected chi connectivity index (χ3v) is 6.73. The SMILES string of the molecule is CC1C(N)CCC(CNCc2cc(Br)cs2)C1(C)C. The molecule has 0 aromatic carbocycles. The first-order valence-electron chi connectivity index (χ1n) is 7.10. The highest BCUT2D eigenvalue weighted by Crippen LogP contribution is 2.43. The molecule has 4 heteroatoms. The van der Waals surface area contributed by atoms with Crippen LogP contribution in [0.15, 0.2) is 15.9 Å². The summed E-state index contributed by atoms with van der Waals surface area (Å²) in [6, 6.07) is 2.57. The molecule has 0 aliphatic heterocycles. The van der Waals surface area contributed by atoms with Crippen LogP contribution in [-0.2, 0) is 6.54 Å². The maximum absolute atomic E-state index is 6.21. The van der Waals surface area contributed by atoms with Gasteiger partial charge in [0.25, 0.3) is 0 Å². The summed E-state index contributed by atoms with van der Waals surface area (Å²) >= 11 is 5.31. The van der Waals surface area contributed by atoms with Gasteiger partial charge in [-0.3, -0.25) is 0 Å². The molecule has 1 fully saturated rings. The minimum atomic E-state index is 0.334. The van der Waals surface area contributed by atoms with Gasteiger partial charge in [0.1, 0.15) is 0 Å². The second-order valence-corrected chi connectivity index (χ2v) is 8.32. The van der Waals surface area contributed by atoms with Crippen molar-refractivity contribution >= 4 is 27.3 Å². The Morgan fingerprint density at radius 1 is 1.47 bits per heavy atom. The number of hydrogen-bond acceptors (Lipinski definition) is 3. The quantitative estimate of drug-likeness (QED) is 0.866. The Morgan fingerprint density at radius 2 is 2.21 bits per heavy atom. The summed E-state index contributed by atoms with van der Waals surface area (Å²) in [5.74, 6) is 1.33. The molecule has 3 atom stereocenters. The van der Waals surface area contributed by atoms with Gasteiger partial charge in [-0.05, 0) is 58.6 Å². The topological polar surface area (TPSA) is 38.0 Å². The van der Waals surface area contributed by atoms with E-state index in [9.17, 15) is 0 Å². The minimum absolute atomic E-state index is 0.334. The monoisotopic (exact) mass is 344 g/mol. The first-order chi connectivity index (χ1) is 8.91. The molecule has 1 aromatic heterocycles. The molecule has 1 heterocycles. The van der Waals surface area contributed by atoms with E-state index in [1.54, 1.807) is 0 Å². The standard InChI is InChI=1S/C15H25BrN2S/c1-10-14(17)5-4-11(15(10,2)3)7-18-8-13-6-12(16)9-19-13/h6,9-11,14,18H,4-5,7-8,17H2,1-3H3. The summed E-state index contributed by atoms with van der Waals surface area (Å²) in [5, 5.41) is 5.77. The lowest BCUT2D eigenvalue weighted by Gasteiger charge is -2.47. The van der Waals surface area contributed by atoms with Gasteiger partial charge in [-0.2, -0.15) is 0 Å². The maximum atomic E-state index is 6.21. The first kappa shape index (κ1) is 15.5. The fourth-order valence-corrected chi connectivity index (χ4v) is 4.54. The van der Waals surface area contributed by atoms with E-state index in [4.69, 9.17) is 5.73 Å². The molecular formula is C15H25BrN2S. The third-order valence-electron chi connectivity index (χ3n) is 5.03. The molecule has 3 unspecified atom stereocenters. The smallest absolute Gasteiger partial charge is 0.0300 e. The Kier molecular flexibility index (Phi) is 5.09. The van der Waals surface area contributed by atoms with Crippen molar-refractivity contribution in [2.45, 2.75) is 46.2 Å². The number of halogens is 1. The fourth-order valence-electron chi connectivity index (χ4n) is 3.12. The fraction of sp³-hybridized carbons (Fsp3) is 0.733. The van der Waals surface area contributed by atoms with Crippen LogP contribution < -0.4 is 11.1 Å². The lowest BCUT2D eigenvalue weighted by molar-refractivity contribution is 0.0539. The molecule has 19 heavy (non-hydrogen) atoms. The van der Waals surface area contributed by atoms with Gasteiger partial charge in [-0.15, -0.1) is 11.3 Å². The Bertz CT molecular complexity index is 416. The van der Waals surface area contributed by atoms with Crippen LogP contribution in [0.3, 0.4) is 0 Å². The van der Waals surface area contributed by atoms with Gasteiger partial charge < -0.3 is 11.1 Å². The van der Waals surface area contributed by atoms with E-state index in [2.05, 4.69) is 53.5 Å². The van der Waals surface area contributed by atoms with Crippen molar-refractivity contribution in [3.05, 3.63) is 20.8 Å². The molecule has 2 rings (SSSR count). The van der Waals surface area contributed by atoms with E-state index in [-0.39, 0.29) is 0 Å². The van der Waals surface area contributed by atoms with Gasteiger partial charge in [0.2, 0.25) is 0 Å². The van der Waals surface area contributed by atoms with Crippen molar-refractivity contribution in [1.82, 2.24) is 5.32 Å². The molecule has 3 N–H and O–H groups in total. The lowest BCUT2D eigenvalue weighted by Crippen LogP contribution is -2.49. The van der Waals surface area contributed by atoms with E-state index >= 15 is 0 Å². The van der Waals surface area contributed by atoms with Gasteiger partial charge >= 0.3 is 0 Å². The van der Waals surface area contributed by atoms with E-state index in [1.165, 1.54) is 22.2 Å². The number of nitrogens with one attached hydrogen (secondary N) is 1. The molecule has 1 aliphatic carbocycles. The molecule has 108 valence electrons. The molecule has 0 spiro atoms. The summed E-state index contributed by atoms with van der Waals surface area (Å²) in [6.45, 7) is 9.14. The summed E-state index contributed by atoms with van der Waals surface area (Å²) in [4.78, 5) is 1.39. The average Bonchev–Trinajstić information content (AvgIpc) is 2.76. The Balaban J connectivity index is 1.85. The summed E-state index contributed by atoms with van der Waals surface area (Å²) in [7, 11) is 0. The average molecular weight is 345 g/mol. The van der Waals surface area contributed by atoms with Gasteiger partial charge in [0.05, 0.1) is 0 Å². The lowest BCUT2D eigenvalue weighted by atomic mass is 9.61. The van der Waals surface area contributed by atoms with Crippen LogP contribution >= 0.6 is 27.3 Å².